The number of aromatic nitrogens is 2. The van der Waals surface area contributed by atoms with Crippen LogP contribution in [0.3, 0.4) is 0 Å². The van der Waals surface area contributed by atoms with Gasteiger partial charge in [-0.3, -0.25) is 9.59 Å². The summed E-state index contributed by atoms with van der Waals surface area (Å²) in [4.78, 5) is 24.4. The molecule has 33 heavy (non-hydrogen) atoms. The minimum Gasteiger partial charge on any atom is -0.484 e. The standard InChI is InChI=1S/C24H24ClFN4O3/c1-15-22(23(25)30(29-15)19-8-4-17(26)5-9-19)24(32)27-13-12-16-2-10-20(11-3-16)33-14-21(31)28-18-6-7-18/h2-5,8-11,18H,6-7,12-14H2,1H3,(H,27,32)(H,28,31). The molecular weight excluding hydrogens is 447 g/mol. The topological polar surface area (TPSA) is 85.2 Å². The third-order valence-electron chi connectivity index (χ3n) is 5.24. The van der Waals surface area contributed by atoms with Crippen molar-refractivity contribution in [2.75, 3.05) is 13.2 Å². The van der Waals surface area contributed by atoms with Crippen LogP contribution < -0.4 is 15.4 Å². The number of halogens is 2. The van der Waals surface area contributed by atoms with Crippen molar-refractivity contribution >= 4 is 23.4 Å². The zero-order chi connectivity index (χ0) is 23.4. The molecule has 2 N–H and O–H groups in total. The highest BCUT2D eigenvalue weighted by Crippen LogP contribution is 2.24. The molecule has 7 nitrogen and oxygen atoms in total. The van der Waals surface area contributed by atoms with Gasteiger partial charge in [-0.25, -0.2) is 9.07 Å². The molecule has 2 aromatic carbocycles. The lowest BCUT2D eigenvalue weighted by atomic mass is 10.1. The molecule has 0 spiro atoms. The molecule has 0 saturated heterocycles. The Morgan fingerprint density at radius 1 is 1.15 bits per heavy atom. The van der Waals surface area contributed by atoms with E-state index in [2.05, 4.69) is 15.7 Å². The maximum absolute atomic E-state index is 13.2. The number of nitrogens with zero attached hydrogens (tertiary/aromatic N) is 2. The zero-order valence-electron chi connectivity index (χ0n) is 18.1. The van der Waals surface area contributed by atoms with Crippen LogP contribution in [0.15, 0.2) is 48.5 Å². The van der Waals surface area contributed by atoms with Crippen molar-refractivity contribution in [3.05, 3.63) is 76.3 Å². The SMILES string of the molecule is Cc1nn(-c2ccc(F)cc2)c(Cl)c1C(=O)NCCc1ccc(OCC(=O)NC2CC2)cc1. The second kappa shape index (κ2) is 10.0. The van der Waals surface area contributed by atoms with Gasteiger partial charge >= 0.3 is 0 Å². The molecule has 0 aliphatic heterocycles. The molecule has 3 aromatic rings. The molecule has 0 unspecified atom stereocenters. The molecule has 1 aliphatic carbocycles. The van der Waals surface area contributed by atoms with Crippen molar-refractivity contribution in [2.45, 2.75) is 32.2 Å². The summed E-state index contributed by atoms with van der Waals surface area (Å²) in [5.41, 5.74) is 2.34. The number of nitrogens with one attached hydrogen (secondary N) is 2. The first kappa shape index (κ1) is 22.8. The zero-order valence-corrected chi connectivity index (χ0v) is 18.9. The van der Waals surface area contributed by atoms with Crippen LogP contribution in [0.1, 0.15) is 34.5 Å². The molecule has 1 heterocycles. The van der Waals surface area contributed by atoms with Crippen LogP contribution in [0.25, 0.3) is 5.69 Å². The van der Waals surface area contributed by atoms with E-state index in [9.17, 15) is 14.0 Å². The van der Waals surface area contributed by atoms with Gasteiger partial charge in [0.1, 0.15) is 16.7 Å². The number of benzene rings is 2. The van der Waals surface area contributed by atoms with Crippen LogP contribution in [0.5, 0.6) is 5.75 Å². The molecule has 172 valence electrons. The van der Waals surface area contributed by atoms with E-state index in [-0.39, 0.29) is 35.0 Å². The fourth-order valence-electron chi connectivity index (χ4n) is 3.32. The van der Waals surface area contributed by atoms with Crippen LogP contribution in [-0.2, 0) is 11.2 Å². The highest BCUT2D eigenvalue weighted by molar-refractivity contribution is 6.33. The maximum atomic E-state index is 13.2. The average molecular weight is 471 g/mol. The highest BCUT2D eigenvalue weighted by atomic mass is 35.5. The summed E-state index contributed by atoms with van der Waals surface area (Å²) in [5, 5.41) is 10.2. The van der Waals surface area contributed by atoms with Gasteiger partial charge in [-0.2, -0.15) is 5.10 Å². The molecule has 1 aliphatic rings. The van der Waals surface area contributed by atoms with Gasteiger partial charge in [-0.15, -0.1) is 0 Å². The van der Waals surface area contributed by atoms with Gasteiger partial charge in [0.05, 0.1) is 16.9 Å². The van der Waals surface area contributed by atoms with Crippen molar-refractivity contribution in [3.8, 4) is 11.4 Å². The summed E-state index contributed by atoms with van der Waals surface area (Å²) >= 11 is 6.40. The summed E-state index contributed by atoms with van der Waals surface area (Å²) in [5.74, 6) is -0.187. The predicted octanol–water partition coefficient (Wildman–Crippen LogP) is 3.60. The monoisotopic (exact) mass is 470 g/mol. The molecule has 1 saturated carbocycles. The van der Waals surface area contributed by atoms with Gasteiger partial charge in [0.25, 0.3) is 11.8 Å². The molecule has 9 heteroatoms. The van der Waals surface area contributed by atoms with Crippen molar-refractivity contribution in [1.29, 1.82) is 0 Å². The lowest BCUT2D eigenvalue weighted by Gasteiger charge is -2.08. The normalized spacial score (nSPS) is 12.9. The van der Waals surface area contributed by atoms with E-state index in [0.29, 0.717) is 36.1 Å². The lowest BCUT2D eigenvalue weighted by molar-refractivity contribution is -0.123. The Morgan fingerprint density at radius 3 is 2.52 bits per heavy atom. The average Bonchev–Trinajstić information content (AvgIpc) is 3.56. The molecule has 4 rings (SSSR count). The Morgan fingerprint density at radius 2 is 1.85 bits per heavy atom. The van der Waals surface area contributed by atoms with Crippen molar-refractivity contribution in [3.63, 3.8) is 0 Å². The van der Waals surface area contributed by atoms with Gasteiger partial charge in [-0.05, 0) is 68.1 Å². The molecule has 2 amide bonds. The largest absolute Gasteiger partial charge is 0.484 e. The van der Waals surface area contributed by atoms with Gasteiger partial charge in [-0.1, -0.05) is 23.7 Å². The molecule has 0 bridgehead atoms. The Labute approximate surface area is 195 Å². The number of aryl methyl sites for hydroxylation is 1. The van der Waals surface area contributed by atoms with E-state index in [1.54, 1.807) is 31.2 Å². The molecular formula is C24H24ClFN4O3. The number of rotatable bonds is 9. The Bertz CT molecular complexity index is 1140. The van der Waals surface area contributed by atoms with E-state index in [1.165, 1.54) is 16.8 Å². The summed E-state index contributed by atoms with van der Waals surface area (Å²) in [6, 6.07) is 13.4. The summed E-state index contributed by atoms with van der Waals surface area (Å²) in [6.07, 6.45) is 2.69. The number of amides is 2. The van der Waals surface area contributed by atoms with Crippen LogP contribution in [0, 0.1) is 12.7 Å². The fourth-order valence-corrected chi connectivity index (χ4v) is 3.68. The van der Waals surface area contributed by atoms with Crippen molar-refractivity contribution < 1.29 is 18.7 Å². The van der Waals surface area contributed by atoms with E-state index < -0.39 is 0 Å². The molecule has 0 radical (unpaired) electrons. The Kier molecular flexibility index (Phi) is 6.93. The minimum atomic E-state index is -0.365. The first-order chi connectivity index (χ1) is 15.9. The smallest absolute Gasteiger partial charge is 0.258 e. The lowest BCUT2D eigenvalue weighted by Crippen LogP contribution is -2.30. The summed E-state index contributed by atoms with van der Waals surface area (Å²) in [7, 11) is 0. The number of hydrogen-bond donors (Lipinski definition) is 2. The van der Waals surface area contributed by atoms with Crippen LogP contribution >= 0.6 is 11.6 Å². The number of ether oxygens (including phenoxy) is 1. The Hall–Kier alpha value is -3.39. The van der Waals surface area contributed by atoms with Gasteiger partial charge < -0.3 is 15.4 Å². The first-order valence-corrected chi connectivity index (χ1v) is 11.1. The third kappa shape index (κ3) is 5.90. The fraction of sp³-hybridized carbons (Fsp3) is 0.292. The number of hydrogen-bond acceptors (Lipinski definition) is 4. The molecule has 1 fully saturated rings. The summed E-state index contributed by atoms with van der Waals surface area (Å²) < 4.78 is 20.1. The first-order valence-electron chi connectivity index (χ1n) is 10.7. The van der Waals surface area contributed by atoms with E-state index in [0.717, 1.165) is 18.4 Å². The second-order valence-electron chi connectivity index (χ2n) is 7.92. The second-order valence-corrected chi connectivity index (χ2v) is 8.28. The van der Waals surface area contributed by atoms with Crippen LogP contribution in [0.2, 0.25) is 5.15 Å². The van der Waals surface area contributed by atoms with Crippen LogP contribution in [0.4, 0.5) is 4.39 Å². The van der Waals surface area contributed by atoms with E-state index in [1.807, 2.05) is 12.1 Å². The van der Waals surface area contributed by atoms with Crippen molar-refractivity contribution in [2.24, 2.45) is 0 Å². The van der Waals surface area contributed by atoms with E-state index >= 15 is 0 Å². The van der Waals surface area contributed by atoms with Crippen LogP contribution in [-0.4, -0.2) is 40.8 Å². The minimum absolute atomic E-state index is 0.00236. The summed E-state index contributed by atoms with van der Waals surface area (Å²) in [6.45, 7) is 2.10. The molecule has 0 atom stereocenters. The maximum Gasteiger partial charge on any atom is 0.258 e. The molecule has 1 aromatic heterocycles. The van der Waals surface area contributed by atoms with E-state index in [4.69, 9.17) is 16.3 Å². The highest BCUT2D eigenvalue weighted by Gasteiger charge is 2.23. The van der Waals surface area contributed by atoms with Crippen molar-refractivity contribution in [1.82, 2.24) is 20.4 Å². The van der Waals surface area contributed by atoms with Gasteiger partial charge in [0, 0.05) is 12.6 Å². The predicted molar refractivity (Wildman–Crippen MR) is 122 cm³/mol. The number of carbonyl (C=O) groups excluding carboxylic acids is 2. The third-order valence-corrected chi connectivity index (χ3v) is 5.59. The van der Waals surface area contributed by atoms with Gasteiger partial charge in [0.2, 0.25) is 0 Å². The van der Waals surface area contributed by atoms with Gasteiger partial charge in [0.15, 0.2) is 6.61 Å². The quantitative estimate of drug-likeness (QED) is 0.500. The number of carbonyl (C=O) groups is 2. The Balaban J connectivity index is 1.28.